The number of nitroso groups, excluding NO2 is 1. The number of nitrogens with two attached hydrogens (primary N) is 1. The van der Waals surface area contributed by atoms with Gasteiger partial charge in [0.2, 0.25) is 0 Å². The molecule has 0 fully saturated rings. The minimum absolute atomic E-state index is 0.0897. The van der Waals surface area contributed by atoms with Crippen molar-refractivity contribution in [3.8, 4) is 5.75 Å². The Morgan fingerprint density at radius 1 is 1.33 bits per heavy atom. The second-order valence-corrected chi connectivity index (χ2v) is 4.36. The van der Waals surface area contributed by atoms with Crippen LogP contribution in [0, 0.1) is 4.91 Å². The molecule has 1 rings (SSSR count). The normalized spacial score (nSPS) is 10.0. The van der Waals surface area contributed by atoms with E-state index in [1.165, 1.54) is 11.1 Å². The number of benzene rings is 1. The Hall–Kier alpha value is -2.31. The summed E-state index contributed by atoms with van der Waals surface area (Å²) in [5.74, 6) is 0.0569. The van der Waals surface area contributed by atoms with E-state index < -0.39 is 5.97 Å². The lowest BCUT2D eigenvalue weighted by Crippen LogP contribution is -2.22. The molecule has 1 aromatic rings. The van der Waals surface area contributed by atoms with Crippen molar-refractivity contribution in [1.82, 2.24) is 5.01 Å². The van der Waals surface area contributed by atoms with Gasteiger partial charge in [-0.05, 0) is 31.5 Å². The van der Waals surface area contributed by atoms with Crippen molar-refractivity contribution < 1.29 is 14.3 Å². The lowest BCUT2D eigenvalue weighted by Gasteiger charge is -2.13. The Balaban J connectivity index is 2.54. The zero-order chi connectivity index (χ0) is 15.7. The van der Waals surface area contributed by atoms with E-state index in [1.807, 2.05) is 6.92 Å². The van der Waals surface area contributed by atoms with Crippen LogP contribution in [0.5, 0.6) is 5.75 Å². The van der Waals surface area contributed by atoms with Gasteiger partial charge in [0.25, 0.3) is 0 Å². The lowest BCUT2D eigenvalue weighted by molar-refractivity contribution is 0.0464. The van der Waals surface area contributed by atoms with E-state index in [-0.39, 0.29) is 13.2 Å². The fraction of sp³-hybridized carbons (Fsp3) is 0.500. The standard InChI is InChI=1S/C14H21N3O4/c1-3-8-20-13-6-5-11(10-12(13)15)14(18)21-9-7-17(4-2)16-19/h5-6,10H,3-4,7-9,15H2,1-2H3. The topological polar surface area (TPSA) is 94.2 Å². The number of carbonyl (C=O) groups excluding carboxylic acids is 1. The molecule has 2 N–H and O–H groups in total. The van der Waals surface area contributed by atoms with Gasteiger partial charge in [0, 0.05) is 6.54 Å². The highest BCUT2D eigenvalue weighted by molar-refractivity contribution is 5.91. The predicted octanol–water partition coefficient (Wildman–Crippen LogP) is 2.22. The molecule has 0 radical (unpaired) electrons. The van der Waals surface area contributed by atoms with Gasteiger partial charge in [-0.1, -0.05) is 6.92 Å². The molecular weight excluding hydrogens is 274 g/mol. The van der Waals surface area contributed by atoms with Gasteiger partial charge in [-0.2, -0.15) is 0 Å². The van der Waals surface area contributed by atoms with Crippen molar-refractivity contribution in [2.24, 2.45) is 5.29 Å². The van der Waals surface area contributed by atoms with Gasteiger partial charge in [-0.25, -0.2) is 4.79 Å². The van der Waals surface area contributed by atoms with Crippen LogP contribution >= 0.6 is 0 Å². The maximum atomic E-state index is 11.8. The number of ether oxygens (including phenoxy) is 2. The number of esters is 1. The molecule has 0 bridgehead atoms. The molecule has 0 amide bonds. The Kier molecular flexibility index (Phi) is 7.00. The molecule has 0 heterocycles. The second-order valence-electron chi connectivity index (χ2n) is 4.36. The van der Waals surface area contributed by atoms with Crippen LogP contribution in [0.3, 0.4) is 0 Å². The Morgan fingerprint density at radius 3 is 2.67 bits per heavy atom. The summed E-state index contributed by atoms with van der Waals surface area (Å²) in [5.41, 5.74) is 6.56. The third-order valence-corrected chi connectivity index (χ3v) is 2.77. The van der Waals surface area contributed by atoms with Crippen LogP contribution in [0.2, 0.25) is 0 Å². The van der Waals surface area contributed by atoms with Gasteiger partial charge in [0.05, 0.1) is 29.7 Å². The van der Waals surface area contributed by atoms with E-state index in [4.69, 9.17) is 15.2 Å². The smallest absolute Gasteiger partial charge is 0.338 e. The number of hydrogen-bond donors (Lipinski definition) is 1. The lowest BCUT2D eigenvalue weighted by atomic mass is 10.2. The van der Waals surface area contributed by atoms with Crippen LogP contribution in [-0.2, 0) is 4.74 Å². The molecule has 7 nitrogen and oxygen atoms in total. The van der Waals surface area contributed by atoms with Crippen molar-refractivity contribution >= 4 is 11.7 Å². The highest BCUT2D eigenvalue weighted by atomic mass is 16.5. The van der Waals surface area contributed by atoms with Gasteiger partial charge < -0.3 is 15.2 Å². The minimum atomic E-state index is -0.495. The molecule has 116 valence electrons. The van der Waals surface area contributed by atoms with E-state index in [0.29, 0.717) is 30.2 Å². The summed E-state index contributed by atoms with van der Waals surface area (Å²) < 4.78 is 10.5. The number of nitrogens with zero attached hydrogens (tertiary/aromatic N) is 2. The number of nitrogen functional groups attached to an aromatic ring is 1. The minimum Gasteiger partial charge on any atom is -0.491 e. The van der Waals surface area contributed by atoms with Crippen LogP contribution in [0.25, 0.3) is 0 Å². The zero-order valence-electron chi connectivity index (χ0n) is 12.4. The van der Waals surface area contributed by atoms with Crippen LogP contribution in [0.15, 0.2) is 23.5 Å². The fourth-order valence-corrected chi connectivity index (χ4v) is 1.60. The molecule has 1 aromatic carbocycles. The number of rotatable bonds is 9. The molecule has 0 unspecified atom stereocenters. The number of carbonyl (C=O) groups is 1. The summed E-state index contributed by atoms with van der Waals surface area (Å²) >= 11 is 0. The molecule has 0 atom stereocenters. The van der Waals surface area contributed by atoms with Gasteiger partial charge in [0.15, 0.2) is 0 Å². The van der Waals surface area contributed by atoms with Crippen molar-refractivity contribution in [2.75, 3.05) is 32.0 Å². The van der Waals surface area contributed by atoms with Crippen LogP contribution in [-0.4, -0.2) is 37.3 Å². The Labute approximate surface area is 124 Å². The Morgan fingerprint density at radius 2 is 2.10 bits per heavy atom. The number of anilines is 1. The highest BCUT2D eigenvalue weighted by Gasteiger charge is 2.11. The maximum Gasteiger partial charge on any atom is 0.338 e. The van der Waals surface area contributed by atoms with Gasteiger partial charge in [-0.15, -0.1) is 4.91 Å². The molecule has 7 heteroatoms. The van der Waals surface area contributed by atoms with E-state index in [9.17, 15) is 9.70 Å². The van der Waals surface area contributed by atoms with Crippen molar-refractivity contribution in [2.45, 2.75) is 20.3 Å². The third-order valence-electron chi connectivity index (χ3n) is 2.77. The zero-order valence-corrected chi connectivity index (χ0v) is 12.4. The third kappa shape index (κ3) is 5.29. The first-order valence-corrected chi connectivity index (χ1v) is 6.90. The first kappa shape index (κ1) is 16.7. The van der Waals surface area contributed by atoms with Crippen molar-refractivity contribution in [1.29, 1.82) is 0 Å². The quantitative estimate of drug-likeness (QED) is 0.325. The average Bonchev–Trinajstić information content (AvgIpc) is 2.50. The molecule has 0 aliphatic carbocycles. The van der Waals surface area contributed by atoms with Gasteiger partial charge >= 0.3 is 5.97 Å². The van der Waals surface area contributed by atoms with E-state index in [2.05, 4.69) is 5.29 Å². The summed E-state index contributed by atoms with van der Waals surface area (Å²) in [6.07, 6.45) is 0.877. The maximum absolute atomic E-state index is 11.8. The number of likely N-dealkylation sites (N-methyl/N-ethyl adjacent to an activating group) is 1. The highest BCUT2D eigenvalue weighted by Crippen LogP contribution is 2.23. The summed E-state index contributed by atoms with van der Waals surface area (Å²) in [5, 5.41) is 4.05. The molecule has 0 spiro atoms. The van der Waals surface area contributed by atoms with Crippen molar-refractivity contribution in [3.63, 3.8) is 0 Å². The molecule has 0 saturated heterocycles. The van der Waals surface area contributed by atoms with Crippen LogP contribution < -0.4 is 10.5 Å². The fourth-order valence-electron chi connectivity index (χ4n) is 1.60. The molecule has 0 aliphatic heterocycles. The van der Waals surface area contributed by atoms with Gasteiger partial charge in [0.1, 0.15) is 12.4 Å². The average molecular weight is 295 g/mol. The molecule has 0 saturated carbocycles. The molecule has 0 aromatic heterocycles. The van der Waals surface area contributed by atoms with Crippen LogP contribution in [0.1, 0.15) is 30.6 Å². The van der Waals surface area contributed by atoms with Gasteiger partial charge in [-0.3, -0.25) is 5.01 Å². The summed E-state index contributed by atoms with van der Waals surface area (Å²) in [6.45, 7) is 5.18. The van der Waals surface area contributed by atoms with Crippen LogP contribution in [0.4, 0.5) is 5.69 Å². The molecular formula is C14H21N3O4. The van der Waals surface area contributed by atoms with E-state index >= 15 is 0 Å². The number of hydrogen-bond acceptors (Lipinski definition) is 6. The monoisotopic (exact) mass is 295 g/mol. The SMILES string of the molecule is CCCOc1ccc(C(=O)OCCN(CC)N=O)cc1N. The second kappa shape index (κ2) is 8.78. The summed E-state index contributed by atoms with van der Waals surface area (Å²) in [7, 11) is 0. The summed E-state index contributed by atoms with van der Waals surface area (Å²) in [4.78, 5) is 22.2. The molecule has 0 aliphatic rings. The Bertz CT molecular complexity index is 479. The van der Waals surface area contributed by atoms with E-state index in [1.54, 1.807) is 19.1 Å². The largest absolute Gasteiger partial charge is 0.491 e. The first-order chi connectivity index (χ1) is 10.1. The first-order valence-electron chi connectivity index (χ1n) is 6.90. The molecule has 21 heavy (non-hydrogen) atoms. The predicted molar refractivity (Wildman–Crippen MR) is 80.0 cm³/mol. The van der Waals surface area contributed by atoms with E-state index in [0.717, 1.165) is 6.42 Å². The van der Waals surface area contributed by atoms with Crippen molar-refractivity contribution in [3.05, 3.63) is 28.7 Å². The summed E-state index contributed by atoms with van der Waals surface area (Å²) in [6, 6.07) is 4.76.